The molecule has 1 aromatic heterocycles. The van der Waals surface area contributed by atoms with Crippen LogP contribution in [0, 0.1) is 0 Å². The molecule has 0 saturated carbocycles. The highest BCUT2D eigenvalue weighted by molar-refractivity contribution is 7.21. The number of aromatic hydroxyl groups is 1. The van der Waals surface area contributed by atoms with Crippen LogP contribution in [0.1, 0.15) is 5.56 Å². The van der Waals surface area contributed by atoms with Crippen LogP contribution in [-0.2, 0) is 5.88 Å². The van der Waals surface area contributed by atoms with E-state index in [-0.39, 0.29) is 5.06 Å². The molecule has 74 valence electrons. The smallest absolute Gasteiger partial charge is 0.215 e. The van der Waals surface area contributed by atoms with Gasteiger partial charge in [-0.25, -0.2) is 0 Å². The van der Waals surface area contributed by atoms with Crippen molar-refractivity contribution >= 4 is 33.0 Å². The summed E-state index contributed by atoms with van der Waals surface area (Å²) in [6.07, 6.45) is 0. The van der Waals surface area contributed by atoms with Gasteiger partial charge in [0.05, 0.1) is 7.11 Å². The molecular weight excluding hydrogens is 220 g/mol. The van der Waals surface area contributed by atoms with Gasteiger partial charge in [0.1, 0.15) is 0 Å². The summed E-state index contributed by atoms with van der Waals surface area (Å²) in [5.74, 6) is 0.949. The van der Waals surface area contributed by atoms with Crippen molar-refractivity contribution in [2.24, 2.45) is 0 Å². The second-order valence-electron chi connectivity index (χ2n) is 2.86. The van der Waals surface area contributed by atoms with Crippen LogP contribution in [0.25, 0.3) is 10.1 Å². The summed E-state index contributed by atoms with van der Waals surface area (Å²) >= 11 is 7.12. The van der Waals surface area contributed by atoms with Crippen molar-refractivity contribution in [3.05, 3.63) is 23.8 Å². The molecule has 0 amide bonds. The van der Waals surface area contributed by atoms with Gasteiger partial charge in [0.25, 0.3) is 0 Å². The lowest BCUT2D eigenvalue weighted by Crippen LogP contribution is -1.84. The molecule has 4 heteroatoms. The van der Waals surface area contributed by atoms with Gasteiger partial charge in [-0.15, -0.1) is 11.6 Å². The Balaban J connectivity index is 2.82. The van der Waals surface area contributed by atoms with Crippen LogP contribution in [0.5, 0.6) is 10.8 Å². The average Bonchev–Trinajstić information content (AvgIpc) is 2.52. The first-order valence-electron chi connectivity index (χ1n) is 4.11. The maximum absolute atomic E-state index is 9.60. The minimum atomic E-state index is 0.208. The number of methoxy groups -OCH3 is 1. The predicted octanol–water partition coefficient (Wildman–Crippen LogP) is 3.35. The quantitative estimate of drug-likeness (QED) is 0.799. The van der Waals surface area contributed by atoms with Gasteiger partial charge in [0.2, 0.25) is 5.06 Å². The van der Waals surface area contributed by atoms with Crippen LogP contribution in [0.3, 0.4) is 0 Å². The van der Waals surface area contributed by atoms with Gasteiger partial charge in [-0.2, -0.15) is 0 Å². The van der Waals surface area contributed by atoms with Gasteiger partial charge < -0.3 is 9.84 Å². The van der Waals surface area contributed by atoms with Crippen molar-refractivity contribution in [2.45, 2.75) is 5.88 Å². The SMILES string of the molecule is COc1c(O)sc2cccc(CCl)c12. The highest BCUT2D eigenvalue weighted by atomic mass is 35.5. The van der Waals surface area contributed by atoms with Crippen LogP contribution in [-0.4, -0.2) is 12.2 Å². The summed E-state index contributed by atoms with van der Waals surface area (Å²) in [7, 11) is 1.55. The number of halogens is 1. The second-order valence-corrected chi connectivity index (χ2v) is 4.16. The van der Waals surface area contributed by atoms with E-state index in [1.165, 1.54) is 11.3 Å². The number of alkyl halides is 1. The summed E-state index contributed by atoms with van der Waals surface area (Å²) in [4.78, 5) is 0. The van der Waals surface area contributed by atoms with E-state index in [9.17, 15) is 5.11 Å². The van der Waals surface area contributed by atoms with Crippen LogP contribution in [0.4, 0.5) is 0 Å². The summed E-state index contributed by atoms with van der Waals surface area (Å²) in [5.41, 5.74) is 0.984. The molecule has 0 atom stereocenters. The largest absolute Gasteiger partial charge is 0.497 e. The van der Waals surface area contributed by atoms with Gasteiger partial charge in [-0.3, -0.25) is 0 Å². The zero-order valence-corrected chi connectivity index (χ0v) is 9.15. The molecular formula is C10H9ClO2S. The van der Waals surface area contributed by atoms with Crippen molar-refractivity contribution in [3.8, 4) is 10.8 Å². The Morgan fingerprint density at radius 2 is 2.29 bits per heavy atom. The van der Waals surface area contributed by atoms with Crippen molar-refractivity contribution in [3.63, 3.8) is 0 Å². The van der Waals surface area contributed by atoms with Crippen molar-refractivity contribution in [1.29, 1.82) is 0 Å². The Hall–Kier alpha value is -0.930. The molecule has 0 fully saturated rings. The zero-order chi connectivity index (χ0) is 10.1. The summed E-state index contributed by atoms with van der Waals surface area (Å²) in [6.45, 7) is 0. The second kappa shape index (κ2) is 3.67. The van der Waals surface area contributed by atoms with E-state index in [4.69, 9.17) is 16.3 Å². The number of rotatable bonds is 2. The monoisotopic (exact) mass is 228 g/mol. The van der Waals surface area contributed by atoms with Gasteiger partial charge >= 0.3 is 0 Å². The molecule has 1 heterocycles. The maximum atomic E-state index is 9.60. The van der Waals surface area contributed by atoms with Gasteiger partial charge in [0.15, 0.2) is 5.75 Å². The Morgan fingerprint density at radius 3 is 2.93 bits per heavy atom. The molecule has 0 aliphatic heterocycles. The fourth-order valence-electron chi connectivity index (χ4n) is 1.48. The molecule has 0 aliphatic rings. The summed E-state index contributed by atoms with van der Waals surface area (Å²) in [5, 5.41) is 10.7. The number of ether oxygens (including phenoxy) is 1. The van der Waals surface area contributed by atoms with E-state index in [2.05, 4.69) is 0 Å². The summed E-state index contributed by atoms with van der Waals surface area (Å²) in [6, 6.07) is 5.80. The van der Waals surface area contributed by atoms with E-state index in [1.54, 1.807) is 7.11 Å². The van der Waals surface area contributed by atoms with Crippen LogP contribution >= 0.6 is 22.9 Å². The van der Waals surface area contributed by atoms with Crippen LogP contribution in [0.2, 0.25) is 0 Å². The lowest BCUT2D eigenvalue weighted by molar-refractivity contribution is 0.385. The third-order valence-electron chi connectivity index (χ3n) is 2.09. The molecule has 2 nitrogen and oxygen atoms in total. The molecule has 0 aliphatic carbocycles. The molecule has 0 unspecified atom stereocenters. The van der Waals surface area contributed by atoms with E-state index >= 15 is 0 Å². The van der Waals surface area contributed by atoms with E-state index in [0.29, 0.717) is 11.6 Å². The van der Waals surface area contributed by atoms with E-state index < -0.39 is 0 Å². The lowest BCUT2D eigenvalue weighted by Gasteiger charge is -2.01. The number of hydrogen-bond acceptors (Lipinski definition) is 3. The normalized spacial score (nSPS) is 10.7. The molecule has 0 bridgehead atoms. The molecule has 1 aromatic carbocycles. The minimum Gasteiger partial charge on any atom is -0.497 e. The molecule has 2 rings (SSSR count). The third-order valence-corrected chi connectivity index (χ3v) is 3.32. The number of hydrogen-bond donors (Lipinski definition) is 1. The molecule has 0 radical (unpaired) electrons. The van der Waals surface area contributed by atoms with Crippen molar-refractivity contribution in [2.75, 3.05) is 7.11 Å². The first kappa shape index (κ1) is 9.62. The number of fused-ring (bicyclic) bond motifs is 1. The fourth-order valence-corrected chi connectivity index (χ4v) is 2.66. The van der Waals surface area contributed by atoms with E-state index in [0.717, 1.165) is 15.6 Å². The first-order valence-corrected chi connectivity index (χ1v) is 5.46. The average molecular weight is 229 g/mol. The van der Waals surface area contributed by atoms with Crippen molar-refractivity contribution < 1.29 is 9.84 Å². The molecule has 14 heavy (non-hydrogen) atoms. The Labute approximate surface area is 90.7 Å². The third kappa shape index (κ3) is 1.33. The lowest BCUT2D eigenvalue weighted by atomic mass is 10.1. The molecule has 2 aromatic rings. The Morgan fingerprint density at radius 1 is 1.50 bits per heavy atom. The highest BCUT2D eigenvalue weighted by Crippen LogP contribution is 2.44. The topological polar surface area (TPSA) is 29.5 Å². The van der Waals surface area contributed by atoms with Crippen LogP contribution in [0.15, 0.2) is 18.2 Å². The zero-order valence-electron chi connectivity index (χ0n) is 7.58. The minimum absolute atomic E-state index is 0.208. The van der Waals surface area contributed by atoms with Crippen LogP contribution < -0.4 is 4.74 Å². The number of benzene rings is 1. The number of thiophene rings is 1. The Kier molecular flexibility index (Phi) is 2.52. The van der Waals surface area contributed by atoms with Crippen molar-refractivity contribution in [1.82, 2.24) is 0 Å². The standard InChI is InChI=1S/C10H9ClO2S/c1-13-9-8-6(5-11)3-2-4-7(8)14-10(9)12/h2-4,12H,5H2,1H3. The molecule has 0 saturated heterocycles. The first-order chi connectivity index (χ1) is 6.77. The van der Waals surface area contributed by atoms with Gasteiger partial charge in [-0.1, -0.05) is 23.5 Å². The predicted molar refractivity (Wildman–Crippen MR) is 59.6 cm³/mol. The van der Waals surface area contributed by atoms with Gasteiger partial charge in [-0.05, 0) is 11.6 Å². The molecule has 0 spiro atoms. The summed E-state index contributed by atoms with van der Waals surface area (Å²) < 4.78 is 6.14. The van der Waals surface area contributed by atoms with E-state index in [1.807, 2.05) is 18.2 Å². The Bertz CT molecular complexity index is 464. The molecule has 1 N–H and O–H groups in total. The highest BCUT2D eigenvalue weighted by Gasteiger charge is 2.14. The maximum Gasteiger partial charge on any atom is 0.215 e. The fraction of sp³-hybridized carbons (Fsp3) is 0.200. The van der Waals surface area contributed by atoms with Gasteiger partial charge in [0, 0.05) is 16.0 Å².